The van der Waals surface area contributed by atoms with Gasteiger partial charge in [0.2, 0.25) is 5.78 Å². The Morgan fingerprint density at radius 2 is 1.69 bits per heavy atom. The number of ketones is 2. The summed E-state index contributed by atoms with van der Waals surface area (Å²) in [6, 6.07) is 0. The van der Waals surface area contributed by atoms with Crippen molar-refractivity contribution in [2.45, 2.75) is 112 Å². The zero-order chi connectivity index (χ0) is 26.1. The van der Waals surface area contributed by atoms with Gasteiger partial charge in [0.05, 0.1) is 0 Å². The average molecular weight is 491 g/mol. The second-order valence-electron chi connectivity index (χ2n) is 12.8. The number of fused-ring (bicyclic) bond motifs is 1. The highest BCUT2D eigenvalue weighted by Gasteiger charge is 2.61. The van der Waals surface area contributed by atoms with Crippen molar-refractivity contribution in [2.75, 3.05) is 0 Å². The monoisotopic (exact) mass is 490 g/mol. The fourth-order valence-electron chi connectivity index (χ4n) is 8.26. The lowest BCUT2D eigenvalue weighted by Gasteiger charge is -2.54. The number of carboxylic acids is 1. The van der Waals surface area contributed by atoms with Crippen LogP contribution in [0.4, 0.5) is 0 Å². The first kappa shape index (κ1) is 27.9. The summed E-state index contributed by atoms with van der Waals surface area (Å²) in [7, 11) is 0. The maximum Gasteiger partial charge on any atom is 0.372 e. The molecule has 6 nitrogen and oxygen atoms in total. The third kappa shape index (κ3) is 5.51. The largest absolute Gasteiger partial charge is 0.475 e. The summed E-state index contributed by atoms with van der Waals surface area (Å²) in [5, 5.41) is 9.80. The van der Waals surface area contributed by atoms with Crippen LogP contribution in [0.3, 0.4) is 0 Å². The normalized spacial score (nSPS) is 38.1. The Bertz CT molecular complexity index is 833. The molecule has 6 heteroatoms. The minimum absolute atomic E-state index is 0.00165. The minimum atomic E-state index is -1.37. The molecule has 0 saturated heterocycles. The zero-order valence-electron chi connectivity index (χ0n) is 22.6. The standard InChI is InChI=1S/C29H46O6/c1-17(2)8-7-9-18(3)21-10-11-22-25(26(32)27(33)34)23(13-15-28(21,22)5)29(6)14-12-20(16-24(29)31)35-19(4)30/h17-18,20-23,25H,7-16H2,1-6H3,(H,33,34)/t18-,20+,21-,22-,23+,25+,28-,29-/m1/s1. The number of carboxylic acid groups (broad SMARTS) is 1. The first-order chi connectivity index (χ1) is 16.3. The van der Waals surface area contributed by atoms with E-state index in [2.05, 4.69) is 27.7 Å². The highest BCUT2D eigenvalue weighted by molar-refractivity contribution is 6.33. The molecule has 0 spiro atoms. The van der Waals surface area contributed by atoms with Crippen molar-refractivity contribution in [2.24, 2.45) is 46.3 Å². The highest BCUT2D eigenvalue weighted by Crippen LogP contribution is 2.64. The number of esters is 1. The van der Waals surface area contributed by atoms with Crippen LogP contribution >= 0.6 is 0 Å². The fraction of sp³-hybridized carbons (Fsp3) is 0.862. The van der Waals surface area contributed by atoms with Gasteiger partial charge in [0.15, 0.2) is 0 Å². The smallest absolute Gasteiger partial charge is 0.372 e. The van der Waals surface area contributed by atoms with Crippen molar-refractivity contribution in [1.82, 2.24) is 0 Å². The molecule has 3 saturated carbocycles. The van der Waals surface area contributed by atoms with Gasteiger partial charge >= 0.3 is 11.9 Å². The van der Waals surface area contributed by atoms with E-state index in [1.54, 1.807) is 0 Å². The van der Waals surface area contributed by atoms with Gasteiger partial charge in [-0.25, -0.2) is 4.79 Å². The van der Waals surface area contributed by atoms with Gasteiger partial charge in [0, 0.05) is 24.7 Å². The second-order valence-corrected chi connectivity index (χ2v) is 12.8. The van der Waals surface area contributed by atoms with Crippen molar-refractivity contribution in [3.05, 3.63) is 0 Å². The predicted molar refractivity (Wildman–Crippen MR) is 134 cm³/mol. The summed E-state index contributed by atoms with van der Waals surface area (Å²) < 4.78 is 5.31. The molecular weight excluding hydrogens is 444 g/mol. The van der Waals surface area contributed by atoms with Crippen molar-refractivity contribution in [3.63, 3.8) is 0 Å². The molecule has 0 aliphatic heterocycles. The Hall–Kier alpha value is -1.72. The van der Waals surface area contributed by atoms with Crippen LogP contribution in [0.1, 0.15) is 106 Å². The number of aliphatic carboxylic acids is 1. The summed E-state index contributed by atoms with van der Waals surface area (Å²) in [6.45, 7) is 12.4. The van der Waals surface area contributed by atoms with Crippen molar-refractivity contribution in [3.8, 4) is 0 Å². The first-order valence-electron chi connectivity index (χ1n) is 13.8. The molecule has 3 aliphatic carbocycles. The number of hydrogen-bond donors (Lipinski definition) is 1. The summed E-state index contributed by atoms with van der Waals surface area (Å²) >= 11 is 0. The molecule has 3 rings (SSSR count). The molecule has 0 amide bonds. The van der Waals surface area contributed by atoms with Crippen LogP contribution in [0.5, 0.6) is 0 Å². The van der Waals surface area contributed by atoms with Gasteiger partial charge in [-0.05, 0) is 73.5 Å². The lowest BCUT2D eigenvalue weighted by Crippen LogP contribution is -2.54. The molecule has 0 aromatic heterocycles. The van der Waals surface area contributed by atoms with Crippen LogP contribution in [0, 0.1) is 46.3 Å². The molecule has 8 atom stereocenters. The third-order valence-corrected chi connectivity index (χ3v) is 10.2. The van der Waals surface area contributed by atoms with Gasteiger partial charge in [-0.1, -0.05) is 53.9 Å². The van der Waals surface area contributed by atoms with E-state index in [-0.39, 0.29) is 29.5 Å². The van der Waals surface area contributed by atoms with E-state index < -0.39 is 35.2 Å². The van der Waals surface area contributed by atoms with Crippen molar-refractivity contribution < 1.29 is 29.0 Å². The van der Waals surface area contributed by atoms with Crippen LogP contribution in [-0.2, 0) is 23.9 Å². The third-order valence-electron chi connectivity index (χ3n) is 10.2. The maximum absolute atomic E-state index is 13.4. The number of hydrogen-bond acceptors (Lipinski definition) is 5. The van der Waals surface area contributed by atoms with Gasteiger partial charge < -0.3 is 9.84 Å². The molecule has 0 aromatic carbocycles. The zero-order valence-corrected chi connectivity index (χ0v) is 22.6. The summed E-state index contributed by atoms with van der Waals surface area (Å²) in [4.78, 5) is 50.1. The number of carbonyl (C=O) groups is 4. The molecule has 0 bridgehead atoms. The SMILES string of the molecule is CC(=O)O[C@H]1CC[C@](C)([C@H]2CC[C@@]3(C)[C@H](CC[C@@H]3[C@H](C)CCCC(C)C)[C@@H]2C(=O)C(=O)O)C(=O)C1. The van der Waals surface area contributed by atoms with Gasteiger partial charge in [0.25, 0.3) is 0 Å². The molecule has 3 fully saturated rings. The minimum Gasteiger partial charge on any atom is -0.475 e. The lowest BCUT2D eigenvalue weighted by atomic mass is 9.49. The molecule has 0 heterocycles. The second kappa shape index (κ2) is 10.7. The van der Waals surface area contributed by atoms with Gasteiger partial charge in [0.1, 0.15) is 11.9 Å². The van der Waals surface area contributed by atoms with E-state index in [4.69, 9.17) is 4.74 Å². The van der Waals surface area contributed by atoms with Crippen LogP contribution in [0.25, 0.3) is 0 Å². The van der Waals surface area contributed by atoms with E-state index in [1.807, 2.05) is 6.92 Å². The molecule has 198 valence electrons. The Balaban J connectivity index is 1.84. The summed E-state index contributed by atoms with van der Waals surface area (Å²) in [6.07, 6.45) is 7.93. The van der Waals surface area contributed by atoms with Crippen LogP contribution in [-0.4, -0.2) is 34.7 Å². The molecular formula is C29H46O6. The van der Waals surface area contributed by atoms with E-state index in [9.17, 15) is 24.3 Å². The molecule has 0 radical (unpaired) electrons. The number of rotatable bonds is 9. The summed E-state index contributed by atoms with van der Waals surface area (Å²) in [5.74, 6) is -1.66. The Kier molecular flexibility index (Phi) is 8.53. The van der Waals surface area contributed by atoms with Crippen molar-refractivity contribution >= 4 is 23.5 Å². The predicted octanol–water partition coefficient (Wildman–Crippen LogP) is 5.85. The van der Waals surface area contributed by atoms with E-state index in [0.717, 1.165) is 19.3 Å². The maximum atomic E-state index is 13.4. The van der Waals surface area contributed by atoms with E-state index in [0.29, 0.717) is 37.0 Å². The molecule has 0 unspecified atom stereocenters. The van der Waals surface area contributed by atoms with E-state index >= 15 is 0 Å². The van der Waals surface area contributed by atoms with Gasteiger partial charge in [-0.15, -0.1) is 0 Å². The quantitative estimate of drug-likeness (QED) is 0.321. The molecule has 1 N–H and O–H groups in total. The van der Waals surface area contributed by atoms with Gasteiger partial charge in [-0.3, -0.25) is 14.4 Å². The Labute approximate surface area is 210 Å². The lowest BCUT2D eigenvalue weighted by molar-refractivity contribution is -0.164. The van der Waals surface area contributed by atoms with E-state index in [1.165, 1.54) is 26.2 Å². The van der Waals surface area contributed by atoms with Crippen LogP contribution in [0.2, 0.25) is 0 Å². The number of carbonyl (C=O) groups excluding carboxylic acids is 3. The summed E-state index contributed by atoms with van der Waals surface area (Å²) in [5.41, 5.74) is -0.827. The molecule has 35 heavy (non-hydrogen) atoms. The average Bonchev–Trinajstić information content (AvgIpc) is 3.11. The number of Topliss-reactive ketones (excluding diaryl/α,β-unsaturated/α-hetero) is 2. The van der Waals surface area contributed by atoms with Crippen LogP contribution in [0.15, 0.2) is 0 Å². The van der Waals surface area contributed by atoms with Crippen LogP contribution < -0.4 is 0 Å². The first-order valence-corrected chi connectivity index (χ1v) is 13.8. The van der Waals surface area contributed by atoms with Crippen molar-refractivity contribution in [1.29, 1.82) is 0 Å². The Morgan fingerprint density at radius 3 is 2.26 bits per heavy atom. The van der Waals surface area contributed by atoms with Gasteiger partial charge in [-0.2, -0.15) is 0 Å². The molecule has 0 aromatic rings. The Morgan fingerprint density at radius 1 is 1.00 bits per heavy atom. The topological polar surface area (TPSA) is 97.7 Å². The molecule has 3 aliphatic rings. The fourth-order valence-corrected chi connectivity index (χ4v) is 8.26. The highest BCUT2D eigenvalue weighted by atomic mass is 16.5. The number of ether oxygens (including phenoxy) is 1.